The minimum atomic E-state index is 0.0680. The molecule has 2 aliphatic carbocycles. The number of hydrogen-bond donors (Lipinski definition) is 0. The van der Waals surface area contributed by atoms with Crippen molar-refractivity contribution in [2.45, 2.75) is 78.7 Å². The number of carbonyl (C=O) groups is 1. The molecule has 3 heteroatoms. The van der Waals surface area contributed by atoms with Gasteiger partial charge in [-0.2, -0.15) is 0 Å². The van der Waals surface area contributed by atoms with E-state index in [0.29, 0.717) is 22.7 Å². The van der Waals surface area contributed by atoms with Crippen LogP contribution in [0.15, 0.2) is 12.2 Å². The number of carbonyl (C=O) groups excluding carboxylic acids is 1. The zero-order valence-corrected chi connectivity index (χ0v) is 17.9. The molecule has 4 fully saturated rings. The van der Waals surface area contributed by atoms with Gasteiger partial charge in [0, 0.05) is 19.0 Å². The van der Waals surface area contributed by atoms with Gasteiger partial charge in [0.25, 0.3) is 0 Å². The van der Waals surface area contributed by atoms with Gasteiger partial charge in [-0.05, 0) is 74.2 Å². The molecule has 0 spiro atoms. The standard InChI is InChI=1S/C24H39NO2/c1-16-8-10-25(15-23(3,4)12-16)14-19-18-11-20-17(2)7-6-9-24(20,5)13-21(18)27-22(19)26/h16,18-21H,2,6-15H2,1,3-5H3/t16-,18+,19+,20-,21+,24+/m0/s1. The van der Waals surface area contributed by atoms with Crippen molar-refractivity contribution in [1.82, 2.24) is 4.90 Å². The molecule has 0 aromatic heterocycles. The number of likely N-dealkylation sites (tertiary alicyclic amines) is 1. The minimum absolute atomic E-state index is 0.0680. The SMILES string of the molecule is C=C1CCC[C@]2(C)C[C@H]3OC(=O)[C@H](CN4CC[C@H](C)CC(C)(C)C4)[C@H]3C[C@@H]12. The van der Waals surface area contributed by atoms with Crippen molar-refractivity contribution >= 4 is 5.97 Å². The van der Waals surface area contributed by atoms with Gasteiger partial charge >= 0.3 is 5.97 Å². The summed E-state index contributed by atoms with van der Waals surface area (Å²) >= 11 is 0. The lowest BCUT2D eigenvalue weighted by molar-refractivity contribution is -0.146. The smallest absolute Gasteiger partial charge is 0.310 e. The fourth-order valence-corrected chi connectivity index (χ4v) is 7.10. The van der Waals surface area contributed by atoms with Crippen molar-refractivity contribution < 1.29 is 9.53 Å². The van der Waals surface area contributed by atoms with E-state index in [1.54, 1.807) is 0 Å². The minimum Gasteiger partial charge on any atom is -0.462 e. The number of fused-ring (bicyclic) bond motifs is 2. The van der Waals surface area contributed by atoms with Gasteiger partial charge in [0.05, 0.1) is 5.92 Å². The summed E-state index contributed by atoms with van der Waals surface area (Å²) in [5.74, 6) is 1.90. The van der Waals surface area contributed by atoms with Gasteiger partial charge in [0.15, 0.2) is 0 Å². The third kappa shape index (κ3) is 3.73. The second-order valence-corrected chi connectivity index (χ2v) is 11.4. The lowest BCUT2D eigenvalue weighted by atomic mass is 9.55. The summed E-state index contributed by atoms with van der Waals surface area (Å²) in [5, 5.41) is 0. The lowest BCUT2D eigenvalue weighted by Gasteiger charge is -2.50. The molecule has 0 aromatic carbocycles. The van der Waals surface area contributed by atoms with E-state index in [0.717, 1.165) is 38.4 Å². The lowest BCUT2D eigenvalue weighted by Crippen LogP contribution is -2.46. The summed E-state index contributed by atoms with van der Waals surface area (Å²) in [6.45, 7) is 17.1. The Kier molecular flexibility index (Phi) is 4.98. The monoisotopic (exact) mass is 373 g/mol. The van der Waals surface area contributed by atoms with Gasteiger partial charge in [0.2, 0.25) is 0 Å². The van der Waals surface area contributed by atoms with Crippen LogP contribution in [0.3, 0.4) is 0 Å². The Morgan fingerprint density at radius 1 is 1.26 bits per heavy atom. The molecular formula is C24H39NO2. The number of allylic oxidation sites excluding steroid dienone is 1. The molecule has 3 nitrogen and oxygen atoms in total. The van der Waals surface area contributed by atoms with Gasteiger partial charge < -0.3 is 9.64 Å². The third-order valence-electron chi connectivity index (χ3n) is 8.27. The first kappa shape index (κ1) is 19.5. The van der Waals surface area contributed by atoms with Crippen LogP contribution in [0.5, 0.6) is 0 Å². The second kappa shape index (κ2) is 6.90. The highest BCUT2D eigenvalue weighted by Crippen LogP contribution is 2.57. The molecule has 0 radical (unpaired) electrons. The van der Waals surface area contributed by atoms with Crippen molar-refractivity contribution in [3.05, 3.63) is 12.2 Å². The maximum Gasteiger partial charge on any atom is 0.310 e. The quantitative estimate of drug-likeness (QED) is 0.500. The van der Waals surface area contributed by atoms with E-state index in [2.05, 4.69) is 39.2 Å². The molecule has 0 unspecified atom stereocenters. The largest absolute Gasteiger partial charge is 0.462 e. The average molecular weight is 374 g/mol. The molecule has 27 heavy (non-hydrogen) atoms. The van der Waals surface area contributed by atoms with Crippen LogP contribution >= 0.6 is 0 Å². The fourth-order valence-electron chi connectivity index (χ4n) is 7.10. The fraction of sp³-hybridized carbons (Fsp3) is 0.875. The van der Waals surface area contributed by atoms with Crippen molar-refractivity contribution in [3.8, 4) is 0 Å². The van der Waals surface area contributed by atoms with Crippen molar-refractivity contribution in [3.63, 3.8) is 0 Å². The number of ether oxygens (including phenoxy) is 1. The van der Waals surface area contributed by atoms with E-state index in [1.807, 2.05) is 0 Å². The number of esters is 1. The first-order valence-corrected chi connectivity index (χ1v) is 11.3. The molecule has 0 bridgehead atoms. The molecule has 2 heterocycles. The van der Waals surface area contributed by atoms with Crippen LogP contribution in [0.25, 0.3) is 0 Å². The summed E-state index contributed by atoms with van der Waals surface area (Å²) in [5.41, 5.74) is 2.07. The van der Waals surface area contributed by atoms with Gasteiger partial charge in [0.1, 0.15) is 6.10 Å². The zero-order chi connectivity index (χ0) is 19.4. The Morgan fingerprint density at radius 2 is 2.04 bits per heavy atom. The predicted molar refractivity (Wildman–Crippen MR) is 109 cm³/mol. The highest BCUT2D eigenvalue weighted by molar-refractivity contribution is 5.75. The first-order valence-electron chi connectivity index (χ1n) is 11.3. The molecule has 2 saturated heterocycles. The van der Waals surface area contributed by atoms with Gasteiger partial charge in [-0.25, -0.2) is 0 Å². The van der Waals surface area contributed by atoms with Crippen molar-refractivity contribution in [2.75, 3.05) is 19.6 Å². The summed E-state index contributed by atoms with van der Waals surface area (Å²) in [6, 6.07) is 0. The second-order valence-electron chi connectivity index (χ2n) is 11.4. The molecule has 4 rings (SSSR count). The Hall–Kier alpha value is -0.830. The Balaban J connectivity index is 1.49. The van der Waals surface area contributed by atoms with E-state index in [9.17, 15) is 4.79 Å². The third-order valence-corrected chi connectivity index (χ3v) is 8.27. The number of hydrogen-bond acceptors (Lipinski definition) is 3. The van der Waals surface area contributed by atoms with Crippen LogP contribution in [0, 0.1) is 34.5 Å². The van der Waals surface area contributed by atoms with Crippen LogP contribution < -0.4 is 0 Å². The first-order chi connectivity index (χ1) is 12.7. The Labute approximate surface area is 165 Å². The molecule has 2 aliphatic heterocycles. The maximum atomic E-state index is 12.8. The normalized spacial score (nSPS) is 45.0. The van der Waals surface area contributed by atoms with Crippen LogP contribution in [-0.4, -0.2) is 36.6 Å². The highest BCUT2D eigenvalue weighted by Gasteiger charge is 2.55. The highest BCUT2D eigenvalue weighted by atomic mass is 16.6. The van der Waals surface area contributed by atoms with Crippen LogP contribution in [0.1, 0.15) is 72.6 Å². The Morgan fingerprint density at radius 3 is 2.81 bits per heavy atom. The molecule has 6 atom stereocenters. The average Bonchev–Trinajstić information content (AvgIpc) is 2.76. The Bertz CT molecular complexity index is 612. The van der Waals surface area contributed by atoms with E-state index >= 15 is 0 Å². The van der Waals surface area contributed by atoms with Crippen molar-refractivity contribution in [1.29, 1.82) is 0 Å². The van der Waals surface area contributed by atoms with Gasteiger partial charge in [-0.3, -0.25) is 4.79 Å². The zero-order valence-electron chi connectivity index (χ0n) is 17.9. The number of nitrogens with zero attached hydrogens (tertiary/aromatic N) is 1. The van der Waals surface area contributed by atoms with Crippen molar-refractivity contribution in [2.24, 2.45) is 34.5 Å². The van der Waals surface area contributed by atoms with E-state index in [4.69, 9.17) is 4.74 Å². The molecule has 2 saturated carbocycles. The molecule has 152 valence electrons. The van der Waals surface area contributed by atoms with Crippen LogP contribution in [-0.2, 0) is 9.53 Å². The molecule has 0 amide bonds. The van der Waals surface area contributed by atoms with Crippen LogP contribution in [0.2, 0.25) is 0 Å². The molecular weight excluding hydrogens is 334 g/mol. The molecule has 0 aromatic rings. The maximum absolute atomic E-state index is 12.8. The number of rotatable bonds is 2. The van der Waals surface area contributed by atoms with E-state index in [-0.39, 0.29) is 18.0 Å². The topological polar surface area (TPSA) is 29.5 Å². The van der Waals surface area contributed by atoms with Gasteiger partial charge in [-0.1, -0.05) is 39.8 Å². The van der Waals surface area contributed by atoms with Gasteiger partial charge in [-0.15, -0.1) is 0 Å². The summed E-state index contributed by atoms with van der Waals surface area (Å²) in [4.78, 5) is 15.4. The van der Waals surface area contributed by atoms with E-state index in [1.165, 1.54) is 37.7 Å². The molecule has 4 aliphatic rings. The summed E-state index contributed by atoms with van der Waals surface area (Å²) in [6.07, 6.45) is 8.53. The van der Waals surface area contributed by atoms with Crippen LogP contribution in [0.4, 0.5) is 0 Å². The predicted octanol–water partition coefficient (Wildman–Crippen LogP) is 5.06. The summed E-state index contributed by atoms with van der Waals surface area (Å²) < 4.78 is 5.98. The molecule has 0 N–H and O–H groups in total. The van der Waals surface area contributed by atoms with E-state index < -0.39 is 0 Å². The summed E-state index contributed by atoms with van der Waals surface area (Å²) in [7, 11) is 0.